The summed E-state index contributed by atoms with van der Waals surface area (Å²) in [6.07, 6.45) is 3.82. The molecule has 3 aromatic rings. The van der Waals surface area contributed by atoms with E-state index in [1.807, 2.05) is 25.4 Å². The SMILES string of the molecule is Cc1cnc(-c2c[nH]c3cc(Br)ccc23)[nH]1. The largest absolute Gasteiger partial charge is 0.360 e. The zero-order valence-electron chi connectivity index (χ0n) is 8.71. The molecule has 2 heterocycles. The molecule has 2 N–H and O–H groups in total. The van der Waals surface area contributed by atoms with E-state index in [0.717, 1.165) is 27.1 Å². The summed E-state index contributed by atoms with van der Waals surface area (Å²) in [7, 11) is 0. The van der Waals surface area contributed by atoms with Gasteiger partial charge in [-0.15, -0.1) is 0 Å². The summed E-state index contributed by atoms with van der Waals surface area (Å²) >= 11 is 3.46. The van der Waals surface area contributed by atoms with Gasteiger partial charge >= 0.3 is 0 Å². The molecular weight excluding hydrogens is 266 g/mol. The molecule has 0 spiro atoms. The lowest BCUT2D eigenvalue weighted by Crippen LogP contribution is -1.78. The number of aryl methyl sites for hydroxylation is 1. The Hall–Kier alpha value is -1.55. The number of nitrogens with one attached hydrogen (secondary N) is 2. The van der Waals surface area contributed by atoms with Crippen molar-refractivity contribution in [1.82, 2.24) is 15.0 Å². The van der Waals surface area contributed by atoms with E-state index in [1.165, 1.54) is 5.39 Å². The molecular formula is C12H10BrN3. The summed E-state index contributed by atoms with van der Waals surface area (Å²) in [5.74, 6) is 0.908. The maximum absolute atomic E-state index is 4.34. The quantitative estimate of drug-likeness (QED) is 0.700. The number of benzene rings is 1. The Morgan fingerprint density at radius 3 is 2.94 bits per heavy atom. The molecule has 0 bridgehead atoms. The lowest BCUT2D eigenvalue weighted by atomic mass is 10.2. The molecule has 1 aromatic carbocycles. The van der Waals surface area contributed by atoms with Crippen LogP contribution in [0.4, 0.5) is 0 Å². The first kappa shape index (κ1) is 9.66. The second kappa shape index (κ2) is 3.49. The van der Waals surface area contributed by atoms with Crippen molar-refractivity contribution in [2.75, 3.05) is 0 Å². The van der Waals surface area contributed by atoms with E-state index < -0.39 is 0 Å². The highest BCUT2D eigenvalue weighted by Gasteiger charge is 2.08. The number of hydrogen-bond donors (Lipinski definition) is 2. The van der Waals surface area contributed by atoms with Crippen LogP contribution in [0.2, 0.25) is 0 Å². The Morgan fingerprint density at radius 1 is 1.31 bits per heavy atom. The van der Waals surface area contributed by atoms with Gasteiger partial charge in [0.05, 0.1) is 0 Å². The summed E-state index contributed by atoms with van der Waals surface area (Å²) in [5.41, 5.74) is 3.29. The summed E-state index contributed by atoms with van der Waals surface area (Å²) in [5, 5.41) is 1.18. The number of H-pyrrole nitrogens is 2. The molecule has 3 rings (SSSR count). The number of halogens is 1. The Balaban J connectivity index is 2.25. The number of aromatic amines is 2. The van der Waals surface area contributed by atoms with Crippen LogP contribution in [0.15, 0.2) is 35.1 Å². The van der Waals surface area contributed by atoms with Crippen molar-refractivity contribution in [3.8, 4) is 11.4 Å². The van der Waals surface area contributed by atoms with E-state index in [9.17, 15) is 0 Å². The van der Waals surface area contributed by atoms with Gasteiger partial charge in [0.2, 0.25) is 0 Å². The van der Waals surface area contributed by atoms with E-state index in [2.05, 4.69) is 43.0 Å². The topological polar surface area (TPSA) is 44.5 Å². The van der Waals surface area contributed by atoms with Gasteiger partial charge in [0.15, 0.2) is 0 Å². The average molecular weight is 276 g/mol. The highest BCUT2D eigenvalue weighted by Crippen LogP contribution is 2.28. The molecule has 0 radical (unpaired) electrons. The van der Waals surface area contributed by atoms with E-state index in [-0.39, 0.29) is 0 Å². The lowest BCUT2D eigenvalue weighted by molar-refractivity contribution is 1.26. The second-order valence-electron chi connectivity index (χ2n) is 3.81. The van der Waals surface area contributed by atoms with Crippen molar-refractivity contribution in [3.63, 3.8) is 0 Å². The molecule has 0 unspecified atom stereocenters. The first-order valence-electron chi connectivity index (χ1n) is 5.02. The van der Waals surface area contributed by atoms with Crippen LogP contribution in [0.25, 0.3) is 22.3 Å². The van der Waals surface area contributed by atoms with Gasteiger partial charge in [0.1, 0.15) is 5.82 Å². The molecule has 0 aliphatic rings. The van der Waals surface area contributed by atoms with Crippen LogP contribution < -0.4 is 0 Å². The van der Waals surface area contributed by atoms with Crippen molar-refractivity contribution in [3.05, 3.63) is 40.8 Å². The molecule has 0 aliphatic carbocycles. The minimum absolute atomic E-state index is 0.908. The van der Waals surface area contributed by atoms with Crippen molar-refractivity contribution in [2.24, 2.45) is 0 Å². The van der Waals surface area contributed by atoms with Crippen molar-refractivity contribution >= 4 is 26.8 Å². The maximum atomic E-state index is 4.34. The molecule has 16 heavy (non-hydrogen) atoms. The van der Waals surface area contributed by atoms with Crippen LogP contribution in [0.5, 0.6) is 0 Å². The summed E-state index contributed by atoms with van der Waals surface area (Å²) in [6.45, 7) is 2.00. The fourth-order valence-electron chi connectivity index (χ4n) is 1.84. The number of fused-ring (bicyclic) bond motifs is 1. The molecule has 3 nitrogen and oxygen atoms in total. The number of rotatable bonds is 1. The predicted molar refractivity (Wildman–Crippen MR) is 68.3 cm³/mol. The van der Waals surface area contributed by atoms with Gasteiger partial charge in [-0.3, -0.25) is 0 Å². The van der Waals surface area contributed by atoms with Crippen LogP contribution in [0.3, 0.4) is 0 Å². The minimum Gasteiger partial charge on any atom is -0.360 e. The molecule has 80 valence electrons. The maximum Gasteiger partial charge on any atom is 0.139 e. The van der Waals surface area contributed by atoms with Gasteiger partial charge in [-0.2, -0.15) is 0 Å². The summed E-state index contributed by atoms with van der Waals surface area (Å²) in [6, 6.07) is 6.19. The normalized spacial score (nSPS) is 11.1. The second-order valence-corrected chi connectivity index (χ2v) is 4.72. The van der Waals surface area contributed by atoms with Gasteiger partial charge in [0.25, 0.3) is 0 Å². The summed E-state index contributed by atoms with van der Waals surface area (Å²) in [4.78, 5) is 10.8. The Labute approximate surface area is 101 Å². The van der Waals surface area contributed by atoms with Gasteiger partial charge in [0, 0.05) is 39.0 Å². The fraction of sp³-hybridized carbons (Fsp3) is 0.0833. The van der Waals surface area contributed by atoms with Crippen LogP contribution in [0.1, 0.15) is 5.69 Å². The van der Waals surface area contributed by atoms with Gasteiger partial charge in [-0.1, -0.05) is 22.0 Å². The van der Waals surface area contributed by atoms with E-state index in [4.69, 9.17) is 0 Å². The van der Waals surface area contributed by atoms with Crippen molar-refractivity contribution in [2.45, 2.75) is 6.92 Å². The third-order valence-corrected chi connectivity index (χ3v) is 3.10. The number of aromatic nitrogens is 3. The molecule has 0 fully saturated rings. The first-order valence-corrected chi connectivity index (χ1v) is 5.82. The molecule has 2 aromatic heterocycles. The third kappa shape index (κ3) is 1.46. The standard InChI is InChI=1S/C12H10BrN3/c1-7-5-15-12(16-7)10-6-14-11-4-8(13)2-3-9(10)11/h2-6,14H,1H3,(H,15,16). The third-order valence-electron chi connectivity index (χ3n) is 2.60. The minimum atomic E-state index is 0.908. The summed E-state index contributed by atoms with van der Waals surface area (Å²) < 4.78 is 1.07. The first-order chi connectivity index (χ1) is 7.74. The molecule has 4 heteroatoms. The van der Waals surface area contributed by atoms with Gasteiger partial charge in [-0.25, -0.2) is 4.98 Å². The Morgan fingerprint density at radius 2 is 2.19 bits per heavy atom. The Kier molecular flexibility index (Phi) is 2.11. The molecule has 0 saturated heterocycles. The predicted octanol–water partition coefficient (Wildman–Crippen LogP) is 3.63. The number of nitrogens with zero attached hydrogens (tertiary/aromatic N) is 1. The van der Waals surface area contributed by atoms with Crippen molar-refractivity contribution in [1.29, 1.82) is 0 Å². The van der Waals surface area contributed by atoms with E-state index in [0.29, 0.717) is 0 Å². The highest BCUT2D eigenvalue weighted by molar-refractivity contribution is 9.10. The average Bonchev–Trinajstić information content (AvgIpc) is 2.83. The van der Waals surface area contributed by atoms with Crippen LogP contribution in [-0.4, -0.2) is 15.0 Å². The smallest absolute Gasteiger partial charge is 0.139 e. The van der Waals surface area contributed by atoms with Crippen LogP contribution in [-0.2, 0) is 0 Å². The molecule has 0 aliphatic heterocycles. The molecule has 0 atom stereocenters. The van der Waals surface area contributed by atoms with Gasteiger partial charge in [-0.05, 0) is 19.1 Å². The highest BCUT2D eigenvalue weighted by atomic mass is 79.9. The van der Waals surface area contributed by atoms with E-state index >= 15 is 0 Å². The van der Waals surface area contributed by atoms with Gasteiger partial charge < -0.3 is 9.97 Å². The number of imidazole rings is 1. The number of hydrogen-bond acceptors (Lipinski definition) is 1. The Bertz CT molecular complexity index is 651. The zero-order valence-corrected chi connectivity index (χ0v) is 10.3. The van der Waals surface area contributed by atoms with Crippen LogP contribution in [0, 0.1) is 6.92 Å². The molecule has 0 amide bonds. The lowest BCUT2D eigenvalue weighted by Gasteiger charge is -1.95. The van der Waals surface area contributed by atoms with Crippen LogP contribution >= 0.6 is 15.9 Å². The van der Waals surface area contributed by atoms with Crippen molar-refractivity contribution < 1.29 is 0 Å². The monoisotopic (exact) mass is 275 g/mol. The zero-order chi connectivity index (χ0) is 11.1. The fourth-order valence-corrected chi connectivity index (χ4v) is 2.20. The van der Waals surface area contributed by atoms with E-state index in [1.54, 1.807) is 0 Å². The molecule has 0 saturated carbocycles.